The van der Waals surface area contributed by atoms with Gasteiger partial charge in [-0.1, -0.05) is 0 Å². The Morgan fingerprint density at radius 3 is 2.52 bits per heavy atom. The summed E-state index contributed by atoms with van der Waals surface area (Å²) in [4.78, 5) is 17.3. The van der Waals surface area contributed by atoms with E-state index < -0.39 is 18.1 Å². The highest BCUT2D eigenvalue weighted by atomic mass is 19.4. The number of fused-ring (bicyclic) bond motifs is 2. The predicted molar refractivity (Wildman–Crippen MR) is 77.4 cm³/mol. The average molecular weight is 322 g/mol. The fraction of sp³-hybridized carbons (Fsp3) is 0.375. The summed E-state index contributed by atoms with van der Waals surface area (Å²) in [5.74, 6) is -2.89. The van der Waals surface area contributed by atoms with Crippen molar-refractivity contribution in [2.24, 2.45) is 17.8 Å². The second-order valence-corrected chi connectivity index (χ2v) is 6.17. The van der Waals surface area contributed by atoms with Gasteiger partial charge in [0.05, 0.1) is 17.0 Å². The van der Waals surface area contributed by atoms with Gasteiger partial charge in [0.15, 0.2) is 0 Å². The van der Waals surface area contributed by atoms with Crippen molar-refractivity contribution in [3.05, 3.63) is 36.0 Å². The van der Waals surface area contributed by atoms with E-state index in [4.69, 9.17) is 0 Å². The Balaban J connectivity index is 1.62. The van der Waals surface area contributed by atoms with Crippen molar-refractivity contribution in [2.45, 2.75) is 6.18 Å². The van der Waals surface area contributed by atoms with Crippen molar-refractivity contribution in [3.63, 3.8) is 0 Å². The first-order chi connectivity index (χ1) is 10.9. The minimum Gasteiger partial charge on any atom is -0.478 e. The van der Waals surface area contributed by atoms with Gasteiger partial charge in [0.1, 0.15) is 0 Å². The number of hydrogen-bond acceptors (Lipinski definition) is 3. The number of rotatable bonds is 2. The Hall–Kier alpha value is -2.31. The van der Waals surface area contributed by atoms with Gasteiger partial charge in [-0.3, -0.25) is 4.98 Å². The van der Waals surface area contributed by atoms with Crippen LogP contribution in [0, 0.1) is 17.8 Å². The Labute approximate surface area is 129 Å². The topological polar surface area (TPSA) is 53.4 Å². The van der Waals surface area contributed by atoms with Gasteiger partial charge in [-0.05, 0) is 36.1 Å². The lowest BCUT2D eigenvalue weighted by Crippen LogP contribution is -2.28. The molecule has 0 unspecified atom stereocenters. The van der Waals surface area contributed by atoms with Crippen molar-refractivity contribution in [2.75, 3.05) is 18.0 Å². The molecule has 1 aliphatic heterocycles. The molecule has 4 rings (SSSR count). The molecular weight excluding hydrogens is 309 g/mol. The third-order valence-electron chi connectivity index (χ3n) is 4.89. The monoisotopic (exact) mass is 322 g/mol. The highest BCUT2D eigenvalue weighted by Gasteiger charge is 2.67. The zero-order valence-corrected chi connectivity index (χ0v) is 11.9. The quantitative estimate of drug-likeness (QED) is 0.923. The molecule has 1 N–H and O–H groups in total. The zero-order valence-electron chi connectivity index (χ0n) is 11.9. The molecule has 1 aromatic heterocycles. The van der Waals surface area contributed by atoms with Crippen LogP contribution in [0.15, 0.2) is 30.5 Å². The molecule has 2 fully saturated rings. The summed E-state index contributed by atoms with van der Waals surface area (Å²) in [6, 6.07) is 6.63. The normalized spacial score (nSPS) is 26.4. The minimum atomic E-state index is -4.11. The molecule has 1 saturated carbocycles. The number of carboxylic acids is 1. The Morgan fingerprint density at radius 2 is 1.91 bits per heavy atom. The van der Waals surface area contributed by atoms with Gasteiger partial charge in [0.25, 0.3) is 0 Å². The van der Waals surface area contributed by atoms with E-state index >= 15 is 0 Å². The first kappa shape index (κ1) is 14.3. The third kappa shape index (κ3) is 2.22. The number of carbonyl (C=O) groups is 1. The highest BCUT2D eigenvalue weighted by Crippen LogP contribution is 2.59. The molecule has 0 radical (unpaired) electrons. The number of pyridine rings is 1. The number of benzene rings is 1. The van der Waals surface area contributed by atoms with Gasteiger partial charge >= 0.3 is 12.1 Å². The summed E-state index contributed by atoms with van der Waals surface area (Å²) < 4.78 is 38.2. The molecule has 0 spiro atoms. The number of halogens is 3. The SMILES string of the molecule is O=C(O)c1ccnc2ccc(N3C[C@@H]4[C@H](C3)[C@H]4C(F)(F)F)cc12. The molecule has 2 heterocycles. The summed E-state index contributed by atoms with van der Waals surface area (Å²) in [6.07, 6.45) is -2.67. The average Bonchev–Trinajstić information content (AvgIpc) is 3.03. The number of carboxylic acid groups (broad SMARTS) is 1. The van der Waals surface area contributed by atoms with Crippen molar-refractivity contribution in [1.29, 1.82) is 0 Å². The maximum absolute atomic E-state index is 12.7. The maximum atomic E-state index is 12.7. The molecule has 1 aromatic carbocycles. The van der Waals surface area contributed by atoms with E-state index in [1.54, 1.807) is 18.2 Å². The van der Waals surface area contributed by atoms with Crippen molar-refractivity contribution in [1.82, 2.24) is 4.98 Å². The van der Waals surface area contributed by atoms with Gasteiger partial charge in [0.2, 0.25) is 0 Å². The molecule has 7 heteroatoms. The minimum absolute atomic E-state index is 0.148. The van der Waals surface area contributed by atoms with Crippen LogP contribution in [-0.2, 0) is 0 Å². The van der Waals surface area contributed by atoms with Crippen LogP contribution in [0.2, 0.25) is 0 Å². The van der Waals surface area contributed by atoms with E-state index in [0.29, 0.717) is 24.0 Å². The van der Waals surface area contributed by atoms with E-state index in [1.165, 1.54) is 12.3 Å². The van der Waals surface area contributed by atoms with E-state index in [-0.39, 0.29) is 17.4 Å². The second kappa shape index (κ2) is 4.59. The predicted octanol–water partition coefficient (Wildman–Crippen LogP) is 3.18. The van der Waals surface area contributed by atoms with Crippen LogP contribution >= 0.6 is 0 Å². The van der Waals surface area contributed by atoms with Crippen LogP contribution in [0.4, 0.5) is 18.9 Å². The molecule has 0 amide bonds. The van der Waals surface area contributed by atoms with Gasteiger partial charge in [0, 0.05) is 30.4 Å². The number of aromatic nitrogens is 1. The van der Waals surface area contributed by atoms with Crippen LogP contribution in [0.3, 0.4) is 0 Å². The van der Waals surface area contributed by atoms with E-state index in [2.05, 4.69) is 4.98 Å². The van der Waals surface area contributed by atoms with Crippen LogP contribution in [-0.4, -0.2) is 35.3 Å². The lowest BCUT2D eigenvalue weighted by atomic mass is 10.1. The molecule has 23 heavy (non-hydrogen) atoms. The first-order valence-electron chi connectivity index (χ1n) is 7.30. The number of aromatic carboxylic acids is 1. The zero-order chi connectivity index (χ0) is 16.4. The van der Waals surface area contributed by atoms with Gasteiger partial charge in [-0.15, -0.1) is 0 Å². The fourth-order valence-electron chi connectivity index (χ4n) is 3.74. The standard InChI is InChI=1S/C16H13F3N2O2/c17-16(18,19)14-11-6-21(7-12(11)14)8-1-2-13-10(5-8)9(15(22)23)3-4-20-13/h1-5,11-12,14H,6-7H2,(H,22,23)/t11-,12+,14+. The number of nitrogens with zero attached hydrogens (tertiary/aromatic N) is 2. The smallest absolute Gasteiger partial charge is 0.392 e. The summed E-state index contributed by atoms with van der Waals surface area (Å²) >= 11 is 0. The molecule has 0 bridgehead atoms. The van der Waals surface area contributed by atoms with Gasteiger partial charge < -0.3 is 10.0 Å². The Bertz CT molecular complexity index is 794. The molecule has 2 aliphatic rings. The molecular formula is C16H13F3N2O2. The molecule has 4 nitrogen and oxygen atoms in total. The molecule has 120 valence electrons. The van der Waals surface area contributed by atoms with Crippen LogP contribution in [0.1, 0.15) is 10.4 Å². The first-order valence-corrected chi connectivity index (χ1v) is 7.30. The largest absolute Gasteiger partial charge is 0.478 e. The molecule has 1 aliphatic carbocycles. The summed E-state index contributed by atoms with van der Waals surface area (Å²) in [5.41, 5.74) is 1.46. The lowest BCUT2D eigenvalue weighted by Gasteiger charge is -2.23. The highest BCUT2D eigenvalue weighted by molar-refractivity contribution is 6.03. The van der Waals surface area contributed by atoms with Crippen molar-refractivity contribution >= 4 is 22.6 Å². The van der Waals surface area contributed by atoms with Crippen LogP contribution in [0.25, 0.3) is 10.9 Å². The second-order valence-electron chi connectivity index (χ2n) is 6.17. The summed E-state index contributed by atoms with van der Waals surface area (Å²) in [6.45, 7) is 0.728. The number of piperidine rings is 1. The summed E-state index contributed by atoms with van der Waals surface area (Å²) in [5, 5.41) is 9.75. The lowest BCUT2D eigenvalue weighted by molar-refractivity contribution is -0.154. The van der Waals surface area contributed by atoms with E-state index in [0.717, 1.165) is 5.69 Å². The molecule has 2 aromatic rings. The Morgan fingerprint density at radius 1 is 1.22 bits per heavy atom. The van der Waals surface area contributed by atoms with Gasteiger partial charge in [-0.2, -0.15) is 13.2 Å². The third-order valence-corrected chi connectivity index (χ3v) is 4.89. The fourth-order valence-corrected chi connectivity index (χ4v) is 3.74. The van der Waals surface area contributed by atoms with Crippen LogP contribution in [0.5, 0.6) is 0 Å². The molecule has 3 atom stereocenters. The van der Waals surface area contributed by atoms with Crippen molar-refractivity contribution < 1.29 is 23.1 Å². The van der Waals surface area contributed by atoms with E-state index in [9.17, 15) is 23.1 Å². The Kier molecular flexibility index (Phi) is 2.86. The van der Waals surface area contributed by atoms with Crippen LogP contribution < -0.4 is 4.90 Å². The number of hydrogen-bond donors (Lipinski definition) is 1. The number of alkyl halides is 3. The van der Waals surface area contributed by atoms with Crippen molar-refractivity contribution in [3.8, 4) is 0 Å². The summed E-state index contributed by atoms with van der Waals surface area (Å²) in [7, 11) is 0. The number of anilines is 1. The molecule has 1 saturated heterocycles. The van der Waals surface area contributed by atoms with E-state index in [1.807, 2.05) is 4.90 Å². The van der Waals surface area contributed by atoms with Gasteiger partial charge in [-0.25, -0.2) is 4.79 Å². The maximum Gasteiger partial charge on any atom is 0.392 e.